The Labute approximate surface area is 320 Å². The number of halogens is 3. The standard InChI is InChI=1S/C35H51F3N10O8/c1-18(2)15-26(48-32(54)25(11-12-28(40)50)47-31(53)23(44-19(3)49)7-4-5-13-39)33(55)46-24(8-6-14-43-34(41)42)30(52)45-20-9-10-21-22(35(36,37)38)17-29(51)56-27(21)16-20/h9-10,16-18,23-26H,4-8,11-15,39H2,1-3H3,(H2,40,50)(H,44,49)(H,45,52)(H,46,55)(H,47,53)(H,48,54)(H4,41,42,43)/t23-,24+,25-,26-/m1/s1. The quantitative estimate of drug-likeness (QED) is 0.0336. The van der Waals surface area contributed by atoms with Gasteiger partial charge in [0.2, 0.25) is 35.4 Å². The van der Waals surface area contributed by atoms with Gasteiger partial charge in [-0.1, -0.05) is 13.8 Å². The summed E-state index contributed by atoms with van der Waals surface area (Å²) in [5, 5.41) is 12.3. The van der Waals surface area contributed by atoms with Gasteiger partial charge >= 0.3 is 11.8 Å². The van der Waals surface area contributed by atoms with Crippen molar-refractivity contribution in [1.29, 1.82) is 0 Å². The molecule has 0 aliphatic heterocycles. The molecule has 310 valence electrons. The maximum atomic E-state index is 13.8. The molecular formula is C35H51F3N10O8. The van der Waals surface area contributed by atoms with Crippen molar-refractivity contribution in [2.45, 2.75) is 102 Å². The maximum Gasteiger partial charge on any atom is 0.417 e. The number of benzene rings is 1. The Bertz CT molecular complexity index is 1800. The van der Waals surface area contributed by atoms with Crippen LogP contribution in [0.5, 0.6) is 0 Å². The van der Waals surface area contributed by atoms with Gasteiger partial charge < -0.3 is 53.9 Å². The minimum absolute atomic E-state index is 0.0508. The number of unbranched alkanes of at least 4 members (excludes halogenated alkanes) is 1. The van der Waals surface area contributed by atoms with Gasteiger partial charge in [-0.2, -0.15) is 13.2 Å². The molecule has 56 heavy (non-hydrogen) atoms. The van der Waals surface area contributed by atoms with E-state index in [0.717, 1.165) is 18.2 Å². The third-order valence-electron chi connectivity index (χ3n) is 8.19. The molecule has 21 heteroatoms. The van der Waals surface area contributed by atoms with Crippen LogP contribution in [0.2, 0.25) is 0 Å². The molecule has 18 nitrogen and oxygen atoms in total. The van der Waals surface area contributed by atoms with Crippen molar-refractivity contribution in [3.63, 3.8) is 0 Å². The first kappa shape index (κ1) is 46.4. The average Bonchev–Trinajstić information content (AvgIpc) is 3.08. The number of alkyl halides is 3. The largest absolute Gasteiger partial charge is 0.423 e. The molecule has 0 aliphatic rings. The first-order valence-corrected chi connectivity index (χ1v) is 17.9. The summed E-state index contributed by atoms with van der Waals surface area (Å²) < 4.78 is 45.6. The number of amides is 6. The lowest BCUT2D eigenvalue weighted by atomic mass is 10.0. The zero-order valence-electron chi connectivity index (χ0n) is 31.4. The third kappa shape index (κ3) is 15.9. The minimum atomic E-state index is -4.86. The number of fused-ring (bicyclic) bond motifs is 1. The number of aliphatic imine (C=N–C) groups is 1. The van der Waals surface area contributed by atoms with E-state index >= 15 is 0 Å². The fourth-order valence-electron chi connectivity index (χ4n) is 5.56. The second kappa shape index (κ2) is 22.0. The summed E-state index contributed by atoms with van der Waals surface area (Å²) in [5.74, 6) is -4.88. The fourth-order valence-corrected chi connectivity index (χ4v) is 5.56. The molecule has 0 radical (unpaired) electrons. The van der Waals surface area contributed by atoms with Crippen molar-refractivity contribution in [2.24, 2.45) is 33.8 Å². The van der Waals surface area contributed by atoms with Gasteiger partial charge in [0, 0.05) is 43.1 Å². The van der Waals surface area contributed by atoms with Crippen LogP contribution in [0, 0.1) is 5.92 Å². The lowest BCUT2D eigenvalue weighted by Crippen LogP contribution is -2.58. The normalized spacial score (nSPS) is 13.5. The van der Waals surface area contributed by atoms with Crippen LogP contribution < -0.4 is 55.1 Å². The zero-order chi connectivity index (χ0) is 42.2. The van der Waals surface area contributed by atoms with Crippen LogP contribution in [-0.4, -0.2) is 78.7 Å². The Morgan fingerprint density at radius 2 is 1.36 bits per heavy atom. The number of carbonyl (C=O) groups excluding carboxylic acids is 6. The number of hydrogen-bond acceptors (Lipinski definition) is 10. The summed E-state index contributed by atoms with van der Waals surface area (Å²) in [6.45, 7) is 5.16. The van der Waals surface area contributed by atoms with E-state index in [-0.39, 0.29) is 62.6 Å². The number of rotatable bonds is 22. The Morgan fingerprint density at radius 3 is 1.91 bits per heavy atom. The van der Waals surface area contributed by atoms with Gasteiger partial charge in [0.25, 0.3) is 0 Å². The number of hydrogen-bond donors (Lipinski definition) is 9. The van der Waals surface area contributed by atoms with Gasteiger partial charge in [-0.25, -0.2) is 4.79 Å². The summed E-state index contributed by atoms with van der Waals surface area (Å²) in [6, 6.07) is -1.47. The molecule has 0 unspecified atom stereocenters. The molecule has 13 N–H and O–H groups in total. The number of nitrogens with zero attached hydrogens (tertiary/aromatic N) is 1. The molecule has 1 heterocycles. The highest BCUT2D eigenvalue weighted by Crippen LogP contribution is 2.34. The predicted octanol–water partition coefficient (Wildman–Crippen LogP) is 0.204. The van der Waals surface area contributed by atoms with Crippen molar-refractivity contribution in [1.82, 2.24) is 21.3 Å². The molecule has 0 fully saturated rings. The summed E-state index contributed by atoms with van der Waals surface area (Å²) >= 11 is 0. The molecule has 0 saturated heterocycles. The smallest absolute Gasteiger partial charge is 0.417 e. The number of anilines is 1. The first-order chi connectivity index (χ1) is 26.2. The number of carbonyl (C=O) groups is 6. The molecule has 1 aromatic carbocycles. The van der Waals surface area contributed by atoms with Crippen molar-refractivity contribution in [3.8, 4) is 0 Å². The number of primary amides is 1. The van der Waals surface area contributed by atoms with Gasteiger partial charge in [-0.3, -0.25) is 33.8 Å². The average molecular weight is 797 g/mol. The SMILES string of the molecule is CC(=O)N[C@H](CCCCN)C(=O)N[C@H](CCC(N)=O)C(=O)N[C@H](CC(C)C)C(=O)N[C@@H](CCCN=C(N)N)C(=O)Nc1ccc2c(C(F)(F)F)cc(=O)oc2c1. The molecular weight excluding hydrogens is 745 g/mol. The van der Waals surface area contributed by atoms with Gasteiger partial charge in [0.05, 0.1) is 5.56 Å². The van der Waals surface area contributed by atoms with Crippen LogP contribution in [0.3, 0.4) is 0 Å². The minimum Gasteiger partial charge on any atom is -0.423 e. The van der Waals surface area contributed by atoms with Gasteiger partial charge in [0.15, 0.2) is 5.96 Å². The molecule has 2 aromatic rings. The van der Waals surface area contributed by atoms with Crippen LogP contribution in [0.15, 0.2) is 38.5 Å². The maximum absolute atomic E-state index is 13.8. The molecule has 1 aromatic heterocycles. The van der Waals surface area contributed by atoms with E-state index in [2.05, 4.69) is 31.6 Å². The Balaban J connectivity index is 2.38. The van der Waals surface area contributed by atoms with Crippen molar-refractivity contribution < 1.29 is 46.4 Å². The summed E-state index contributed by atoms with van der Waals surface area (Å²) in [7, 11) is 0. The van der Waals surface area contributed by atoms with E-state index in [1.54, 1.807) is 13.8 Å². The van der Waals surface area contributed by atoms with E-state index in [1.165, 1.54) is 6.92 Å². The Morgan fingerprint density at radius 1 is 0.786 bits per heavy atom. The number of guanidine groups is 1. The lowest BCUT2D eigenvalue weighted by molar-refractivity contribution is -0.136. The van der Waals surface area contributed by atoms with Crippen LogP contribution in [0.25, 0.3) is 11.0 Å². The molecule has 6 amide bonds. The van der Waals surface area contributed by atoms with Crippen molar-refractivity contribution in [2.75, 3.05) is 18.4 Å². The van der Waals surface area contributed by atoms with E-state index in [9.17, 15) is 46.7 Å². The predicted molar refractivity (Wildman–Crippen MR) is 200 cm³/mol. The lowest BCUT2D eigenvalue weighted by Gasteiger charge is -2.27. The van der Waals surface area contributed by atoms with Crippen LogP contribution in [0.1, 0.15) is 77.7 Å². The number of nitrogens with two attached hydrogens (primary N) is 4. The second-order valence-corrected chi connectivity index (χ2v) is 13.5. The first-order valence-electron chi connectivity index (χ1n) is 17.9. The Kier molecular flexibility index (Phi) is 18.2. The van der Waals surface area contributed by atoms with Gasteiger partial charge in [-0.05, 0) is 69.5 Å². The molecule has 0 saturated carbocycles. The highest BCUT2D eigenvalue weighted by molar-refractivity contribution is 6.00. The summed E-state index contributed by atoms with van der Waals surface area (Å²) in [4.78, 5) is 93.5. The van der Waals surface area contributed by atoms with Crippen LogP contribution in [0.4, 0.5) is 18.9 Å². The second-order valence-electron chi connectivity index (χ2n) is 13.5. The van der Waals surface area contributed by atoms with Crippen molar-refractivity contribution in [3.05, 3.63) is 40.2 Å². The molecule has 0 spiro atoms. The highest BCUT2D eigenvalue weighted by atomic mass is 19.4. The molecule has 2 rings (SSSR count). The van der Waals surface area contributed by atoms with Crippen LogP contribution >= 0.6 is 0 Å². The van der Waals surface area contributed by atoms with E-state index < -0.39 is 87.9 Å². The summed E-state index contributed by atoms with van der Waals surface area (Å²) in [6.07, 6.45) is -3.99. The Hall–Kier alpha value is -5.73. The summed E-state index contributed by atoms with van der Waals surface area (Å²) in [5.41, 5.74) is 18.7. The van der Waals surface area contributed by atoms with E-state index in [0.29, 0.717) is 25.5 Å². The number of nitrogens with one attached hydrogen (secondary N) is 5. The van der Waals surface area contributed by atoms with Gasteiger partial charge in [-0.15, -0.1) is 0 Å². The van der Waals surface area contributed by atoms with E-state index in [4.69, 9.17) is 27.4 Å². The highest BCUT2D eigenvalue weighted by Gasteiger charge is 2.35. The van der Waals surface area contributed by atoms with Gasteiger partial charge in [0.1, 0.15) is 29.8 Å². The third-order valence-corrected chi connectivity index (χ3v) is 8.19. The molecule has 0 bridgehead atoms. The monoisotopic (exact) mass is 796 g/mol. The van der Waals surface area contributed by atoms with Crippen molar-refractivity contribution >= 4 is 58.1 Å². The van der Waals surface area contributed by atoms with E-state index in [1.807, 2.05) is 0 Å². The van der Waals surface area contributed by atoms with Crippen LogP contribution in [-0.2, 0) is 34.9 Å². The molecule has 4 atom stereocenters. The fraction of sp³-hybridized carbons (Fsp3) is 0.543. The molecule has 0 aliphatic carbocycles. The topological polar surface area (TPSA) is 309 Å². The zero-order valence-corrected chi connectivity index (χ0v) is 31.4.